The zero-order valence-electron chi connectivity index (χ0n) is 13.1. The molecule has 0 bridgehead atoms. The van der Waals surface area contributed by atoms with Gasteiger partial charge in [-0.15, -0.1) is 0 Å². The number of carbonyl (C=O) groups is 1. The van der Waals surface area contributed by atoms with E-state index < -0.39 is 0 Å². The van der Waals surface area contributed by atoms with Crippen LogP contribution in [0.3, 0.4) is 0 Å². The number of aryl methyl sites for hydroxylation is 1. The number of anilines is 1. The van der Waals surface area contributed by atoms with E-state index in [0.29, 0.717) is 6.42 Å². The lowest BCUT2D eigenvalue weighted by molar-refractivity contribution is -0.107. The van der Waals surface area contributed by atoms with Crippen molar-refractivity contribution >= 4 is 12.1 Å². The molecule has 1 saturated heterocycles. The Morgan fingerprint density at radius 3 is 2.76 bits per heavy atom. The van der Waals surface area contributed by atoms with Crippen molar-refractivity contribution in [3.8, 4) is 0 Å². The molecule has 1 fully saturated rings. The van der Waals surface area contributed by atoms with Crippen LogP contribution in [0, 0.1) is 0 Å². The van der Waals surface area contributed by atoms with Crippen molar-refractivity contribution in [2.75, 3.05) is 51.8 Å². The predicted molar refractivity (Wildman–Crippen MR) is 82.8 cm³/mol. The number of hydrogen-bond acceptors (Lipinski definition) is 5. The number of rotatable bonds is 8. The number of ether oxygens (including phenoxy) is 1. The van der Waals surface area contributed by atoms with Gasteiger partial charge < -0.3 is 14.4 Å². The van der Waals surface area contributed by atoms with E-state index in [9.17, 15) is 4.79 Å². The minimum atomic E-state index is 0.593. The maximum Gasteiger partial charge on any atom is 0.126 e. The third-order valence-electron chi connectivity index (χ3n) is 3.75. The third-order valence-corrected chi connectivity index (χ3v) is 3.75. The Bertz CT molecular complexity index is 439. The second kappa shape index (κ2) is 8.14. The highest BCUT2D eigenvalue weighted by Gasteiger charge is 2.13. The summed E-state index contributed by atoms with van der Waals surface area (Å²) in [5.74, 6) is 1.11. The standard InChI is InChI=1S/C15H26N4O2/c1-17(2)15-13-14(16-19(15)6-3-4-10-20)5-7-18-8-11-21-12-9-18/h10,13H,3-9,11-12H2,1-2H3. The molecule has 1 aromatic heterocycles. The lowest BCUT2D eigenvalue weighted by Crippen LogP contribution is -2.37. The summed E-state index contributed by atoms with van der Waals surface area (Å²) in [6.45, 7) is 5.53. The van der Waals surface area contributed by atoms with E-state index in [4.69, 9.17) is 4.74 Å². The number of carbonyl (C=O) groups excluding carboxylic acids is 1. The summed E-state index contributed by atoms with van der Waals surface area (Å²) in [5, 5.41) is 4.69. The van der Waals surface area contributed by atoms with Crippen LogP contribution in [-0.2, 0) is 22.5 Å². The molecule has 0 atom stereocenters. The fraction of sp³-hybridized carbons (Fsp3) is 0.733. The number of aromatic nitrogens is 2. The summed E-state index contributed by atoms with van der Waals surface area (Å²) in [7, 11) is 4.05. The van der Waals surface area contributed by atoms with Crippen LogP contribution in [0.15, 0.2) is 6.07 Å². The summed E-state index contributed by atoms with van der Waals surface area (Å²) in [5.41, 5.74) is 1.12. The maximum absolute atomic E-state index is 10.4. The number of morpholine rings is 1. The Hall–Kier alpha value is -1.40. The fourth-order valence-electron chi connectivity index (χ4n) is 2.53. The van der Waals surface area contributed by atoms with Gasteiger partial charge >= 0.3 is 0 Å². The van der Waals surface area contributed by atoms with Gasteiger partial charge in [0.25, 0.3) is 0 Å². The summed E-state index contributed by atoms with van der Waals surface area (Å²) in [6.07, 6.45) is 3.37. The average Bonchev–Trinajstić information content (AvgIpc) is 2.90. The van der Waals surface area contributed by atoms with E-state index in [1.165, 1.54) is 0 Å². The molecule has 0 N–H and O–H groups in total. The summed E-state index contributed by atoms with van der Waals surface area (Å²) in [4.78, 5) is 14.9. The molecular weight excluding hydrogens is 268 g/mol. The molecule has 0 saturated carbocycles. The zero-order chi connectivity index (χ0) is 15.1. The normalized spacial score (nSPS) is 16.1. The van der Waals surface area contributed by atoms with Crippen molar-refractivity contribution in [1.82, 2.24) is 14.7 Å². The first-order valence-electron chi connectivity index (χ1n) is 7.68. The predicted octanol–water partition coefficient (Wildman–Crippen LogP) is 0.803. The van der Waals surface area contributed by atoms with Crippen LogP contribution in [-0.4, -0.2) is 67.9 Å². The monoisotopic (exact) mass is 294 g/mol. The van der Waals surface area contributed by atoms with Crippen molar-refractivity contribution < 1.29 is 9.53 Å². The number of aldehydes is 1. The largest absolute Gasteiger partial charge is 0.379 e. The summed E-state index contributed by atoms with van der Waals surface area (Å²) in [6, 6.07) is 2.15. The Balaban J connectivity index is 1.92. The smallest absolute Gasteiger partial charge is 0.126 e. The minimum absolute atomic E-state index is 0.593. The average molecular weight is 294 g/mol. The molecule has 21 heavy (non-hydrogen) atoms. The van der Waals surface area contributed by atoms with Crippen LogP contribution in [0.4, 0.5) is 5.82 Å². The van der Waals surface area contributed by atoms with Gasteiger partial charge in [-0.1, -0.05) is 0 Å². The first-order valence-corrected chi connectivity index (χ1v) is 7.68. The quantitative estimate of drug-likeness (QED) is 0.524. The molecule has 0 aromatic carbocycles. The van der Waals surface area contributed by atoms with E-state index in [-0.39, 0.29) is 0 Å². The van der Waals surface area contributed by atoms with Gasteiger partial charge in [-0.25, -0.2) is 4.68 Å². The fourth-order valence-corrected chi connectivity index (χ4v) is 2.53. The summed E-state index contributed by atoms with van der Waals surface area (Å²) < 4.78 is 7.38. The molecule has 2 heterocycles. The van der Waals surface area contributed by atoms with E-state index in [0.717, 1.165) is 70.0 Å². The van der Waals surface area contributed by atoms with E-state index in [2.05, 4.69) is 21.0 Å². The lowest BCUT2D eigenvalue weighted by Gasteiger charge is -2.26. The zero-order valence-corrected chi connectivity index (χ0v) is 13.1. The molecular formula is C15H26N4O2. The van der Waals surface area contributed by atoms with Crippen molar-refractivity contribution in [3.05, 3.63) is 11.8 Å². The number of unbranched alkanes of at least 4 members (excludes halogenated alkanes) is 1. The van der Waals surface area contributed by atoms with Crippen molar-refractivity contribution in [2.45, 2.75) is 25.8 Å². The number of nitrogens with zero attached hydrogens (tertiary/aromatic N) is 4. The molecule has 2 rings (SSSR count). The Morgan fingerprint density at radius 2 is 2.10 bits per heavy atom. The molecule has 1 aliphatic heterocycles. The number of hydrogen-bond donors (Lipinski definition) is 0. The summed E-state index contributed by atoms with van der Waals surface area (Å²) >= 11 is 0. The topological polar surface area (TPSA) is 50.6 Å². The van der Waals surface area contributed by atoms with Crippen molar-refractivity contribution in [3.63, 3.8) is 0 Å². The SMILES string of the molecule is CN(C)c1cc(CCN2CCOCC2)nn1CCCC=O. The van der Waals surface area contributed by atoms with Gasteiger partial charge in [-0.05, 0) is 6.42 Å². The Morgan fingerprint density at radius 1 is 1.33 bits per heavy atom. The molecule has 0 amide bonds. The van der Waals surface area contributed by atoms with Gasteiger partial charge in [-0.3, -0.25) is 4.90 Å². The van der Waals surface area contributed by atoms with Gasteiger partial charge in [0, 0.05) is 59.2 Å². The van der Waals surface area contributed by atoms with Crippen molar-refractivity contribution in [2.24, 2.45) is 0 Å². The molecule has 118 valence electrons. The van der Waals surface area contributed by atoms with Crippen LogP contribution in [0.25, 0.3) is 0 Å². The van der Waals surface area contributed by atoms with Gasteiger partial charge in [0.1, 0.15) is 12.1 Å². The second-order valence-corrected chi connectivity index (χ2v) is 5.62. The minimum Gasteiger partial charge on any atom is -0.379 e. The molecule has 6 nitrogen and oxygen atoms in total. The highest BCUT2D eigenvalue weighted by Crippen LogP contribution is 2.15. The van der Waals surface area contributed by atoms with E-state index in [1.807, 2.05) is 18.8 Å². The maximum atomic E-state index is 10.4. The second-order valence-electron chi connectivity index (χ2n) is 5.62. The van der Waals surface area contributed by atoms with Crippen molar-refractivity contribution in [1.29, 1.82) is 0 Å². The highest BCUT2D eigenvalue weighted by molar-refractivity contribution is 5.49. The van der Waals surface area contributed by atoms with Crippen LogP contribution in [0.2, 0.25) is 0 Å². The Kier molecular flexibility index (Phi) is 6.20. The van der Waals surface area contributed by atoms with Gasteiger partial charge in [0.05, 0.1) is 18.9 Å². The molecule has 0 radical (unpaired) electrons. The van der Waals surface area contributed by atoms with Crippen LogP contribution in [0.5, 0.6) is 0 Å². The van der Waals surface area contributed by atoms with Gasteiger partial charge in [0.15, 0.2) is 0 Å². The molecule has 0 unspecified atom stereocenters. The van der Waals surface area contributed by atoms with Crippen LogP contribution >= 0.6 is 0 Å². The van der Waals surface area contributed by atoms with E-state index in [1.54, 1.807) is 0 Å². The highest BCUT2D eigenvalue weighted by atomic mass is 16.5. The van der Waals surface area contributed by atoms with Crippen LogP contribution in [0.1, 0.15) is 18.5 Å². The van der Waals surface area contributed by atoms with Gasteiger partial charge in [-0.2, -0.15) is 5.10 Å². The van der Waals surface area contributed by atoms with Crippen LogP contribution < -0.4 is 4.90 Å². The lowest BCUT2D eigenvalue weighted by atomic mass is 10.2. The molecule has 6 heteroatoms. The molecule has 1 aromatic rings. The molecule has 0 aliphatic carbocycles. The molecule has 0 spiro atoms. The Labute approximate surface area is 126 Å². The third kappa shape index (κ3) is 4.82. The van der Waals surface area contributed by atoms with E-state index >= 15 is 0 Å². The first kappa shape index (κ1) is 16.0. The van der Waals surface area contributed by atoms with Gasteiger partial charge in [0.2, 0.25) is 0 Å². The molecule has 1 aliphatic rings. The first-order chi connectivity index (χ1) is 10.2.